The van der Waals surface area contributed by atoms with Crippen molar-refractivity contribution in [3.05, 3.63) is 12.2 Å². The number of aliphatic hydroxyl groups is 1. The molecule has 1 heterocycles. The van der Waals surface area contributed by atoms with Gasteiger partial charge in [0.15, 0.2) is 5.79 Å². The lowest BCUT2D eigenvalue weighted by molar-refractivity contribution is -0.177. The van der Waals surface area contributed by atoms with Crippen LogP contribution in [0.5, 0.6) is 0 Å². The predicted molar refractivity (Wildman–Crippen MR) is 55.0 cm³/mol. The highest BCUT2D eigenvalue weighted by Crippen LogP contribution is 2.38. The van der Waals surface area contributed by atoms with E-state index in [1.165, 1.54) is 0 Å². The van der Waals surface area contributed by atoms with E-state index in [-0.39, 0.29) is 6.10 Å². The minimum Gasteiger partial charge on any atom is -0.368 e. The monoisotopic (exact) mass is 200 g/mol. The zero-order valence-corrected chi connectivity index (χ0v) is 9.46. The van der Waals surface area contributed by atoms with Crippen molar-refractivity contribution >= 4 is 0 Å². The van der Waals surface area contributed by atoms with Crippen LogP contribution < -0.4 is 0 Å². The molecule has 1 N–H and O–H groups in total. The predicted octanol–water partition coefficient (Wildman–Crippen LogP) is 1.86. The van der Waals surface area contributed by atoms with Crippen LogP contribution >= 0.6 is 0 Å². The van der Waals surface area contributed by atoms with Gasteiger partial charge in [-0.15, -0.1) is 0 Å². The molecule has 1 fully saturated rings. The molecule has 0 aromatic heterocycles. The fraction of sp³-hybridized carbons (Fsp3) is 0.818. The summed E-state index contributed by atoms with van der Waals surface area (Å²) in [6.07, 6.45) is 0.394. The maximum Gasteiger partial charge on any atom is 0.165 e. The van der Waals surface area contributed by atoms with Gasteiger partial charge in [-0.3, -0.25) is 0 Å². The molecule has 1 saturated heterocycles. The quantitative estimate of drug-likeness (QED) is 0.707. The van der Waals surface area contributed by atoms with E-state index in [9.17, 15) is 5.11 Å². The molecule has 3 nitrogen and oxygen atoms in total. The molecular formula is C11H20O3. The minimum absolute atomic E-state index is 0.100. The van der Waals surface area contributed by atoms with Crippen LogP contribution in [0.1, 0.15) is 34.1 Å². The summed E-state index contributed by atoms with van der Waals surface area (Å²) in [7, 11) is 0. The Kier molecular flexibility index (Phi) is 3.04. The number of hydrogen-bond acceptors (Lipinski definition) is 3. The lowest BCUT2D eigenvalue weighted by atomic mass is 9.95. The third-order valence-electron chi connectivity index (χ3n) is 2.62. The Balaban J connectivity index is 2.61. The van der Waals surface area contributed by atoms with Crippen molar-refractivity contribution in [3.63, 3.8) is 0 Å². The van der Waals surface area contributed by atoms with Gasteiger partial charge in [0.05, 0.1) is 18.3 Å². The van der Waals surface area contributed by atoms with Crippen LogP contribution in [0.15, 0.2) is 12.2 Å². The Hall–Kier alpha value is -0.380. The first-order valence-electron chi connectivity index (χ1n) is 4.94. The molecule has 1 aliphatic rings. The van der Waals surface area contributed by atoms with Crippen molar-refractivity contribution in [2.45, 2.75) is 51.6 Å². The Morgan fingerprint density at radius 3 is 2.57 bits per heavy atom. The largest absolute Gasteiger partial charge is 0.368 e. The van der Waals surface area contributed by atoms with Crippen LogP contribution in [0.4, 0.5) is 0 Å². The van der Waals surface area contributed by atoms with E-state index in [1.54, 1.807) is 6.92 Å². The van der Waals surface area contributed by atoms with Crippen LogP contribution in [-0.2, 0) is 9.47 Å². The summed E-state index contributed by atoms with van der Waals surface area (Å²) >= 11 is 0. The molecule has 14 heavy (non-hydrogen) atoms. The van der Waals surface area contributed by atoms with Gasteiger partial charge < -0.3 is 14.6 Å². The van der Waals surface area contributed by atoms with E-state index >= 15 is 0 Å². The normalized spacial score (nSPS) is 42.8. The SMILES string of the molecule is C=C(C)COC1(C)CC(C)(O)OC1C. The van der Waals surface area contributed by atoms with Gasteiger partial charge in [0.1, 0.15) is 0 Å². The summed E-state index contributed by atoms with van der Waals surface area (Å²) in [5.41, 5.74) is 0.563. The van der Waals surface area contributed by atoms with E-state index in [0.29, 0.717) is 13.0 Å². The Labute approximate surface area is 85.7 Å². The van der Waals surface area contributed by atoms with Gasteiger partial charge in [0, 0.05) is 6.42 Å². The molecule has 0 bridgehead atoms. The van der Waals surface area contributed by atoms with Gasteiger partial charge in [0.2, 0.25) is 0 Å². The molecule has 1 aliphatic heterocycles. The molecule has 0 aliphatic carbocycles. The Morgan fingerprint density at radius 2 is 2.21 bits per heavy atom. The van der Waals surface area contributed by atoms with Crippen LogP contribution in [-0.4, -0.2) is 29.2 Å². The van der Waals surface area contributed by atoms with Crippen molar-refractivity contribution in [2.24, 2.45) is 0 Å². The first-order chi connectivity index (χ1) is 6.25. The highest BCUT2D eigenvalue weighted by atomic mass is 16.7. The Bertz CT molecular complexity index is 235. The van der Waals surface area contributed by atoms with Crippen molar-refractivity contribution in [3.8, 4) is 0 Å². The lowest BCUT2D eigenvalue weighted by Crippen LogP contribution is -2.36. The molecule has 0 spiro atoms. The first-order valence-corrected chi connectivity index (χ1v) is 4.94. The highest BCUT2D eigenvalue weighted by molar-refractivity contribution is 4.97. The fourth-order valence-electron chi connectivity index (χ4n) is 1.80. The molecule has 82 valence electrons. The molecule has 0 radical (unpaired) electrons. The summed E-state index contributed by atoms with van der Waals surface area (Å²) in [6, 6.07) is 0. The van der Waals surface area contributed by atoms with Crippen molar-refractivity contribution < 1.29 is 14.6 Å². The molecule has 0 aromatic carbocycles. The third kappa shape index (κ3) is 2.56. The molecular weight excluding hydrogens is 180 g/mol. The van der Waals surface area contributed by atoms with Crippen molar-refractivity contribution in [2.75, 3.05) is 6.61 Å². The number of ether oxygens (including phenoxy) is 2. The van der Waals surface area contributed by atoms with E-state index in [1.807, 2.05) is 20.8 Å². The number of hydrogen-bond donors (Lipinski definition) is 1. The van der Waals surface area contributed by atoms with E-state index in [4.69, 9.17) is 9.47 Å². The standard InChI is InChI=1S/C11H20O3/c1-8(2)6-13-10(4)7-11(5,12)14-9(10)3/h9,12H,1,6-7H2,2-5H3. The highest BCUT2D eigenvalue weighted by Gasteiger charge is 2.49. The summed E-state index contributed by atoms with van der Waals surface area (Å²) in [6.45, 7) is 11.8. The second-order valence-electron chi connectivity index (χ2n) is 4.67. The maximum atomic E-state index is 9.74. The zero-order chi connectivity index (χ0) is 11.0. The Morgan fingerprint density at radius 1 is 1.64 bits per heavy atom. The summed E-state index contributed by atoms with van der Waals surface area (Å²) in [4.78, 5) is 0. The van der Waals surface area contributed by atoms with Gasteiger partial charge in [-0.2, -0.15) is 0 Å². The van der Waals surface area contributed by atoms with Gasteiger partial charge >= 0.3 is 0 Å². The molecule has 0 saturated carbocycles. The fourth-order valence-corrected chi connectivity index (χ4v) is 1.80. The summed E-state index contributed by atoms with van der Waals surface area (Å²) in [5.74, 6) is -1.07. The lowest BCUT2D eigenvalue weighted by Gasteiger charge is -2.27. The molecule has 0 amide bonds. The zero-order valence-electron chi connectivity index (χ0n) is 9.46. The van der Waals surface area contributed by atoms with Crippen LogP contribution in [0.2, 0.25) is 0 Å². The number of rotatable bonds is 3. The topological polar surface area (TPSA) is 38.7 Å². The van der Waals surface area contributed by atoms with Gasteiger partial charge in [-0.25, -0.2) is 0 Å². The van der Waals surface area contributed by atoms with E-state index in [2.05, 4.69) is 6.58 Å². The maximum absolute atomic E-state index is 9.74. The molecule has 0 aromatic rings. The van der Waals surface area contributed by atoms with Crippen LogP contribution in [0.25, 0.3) is 0 Å². The minimum atomic E-state index is -1.07. The van der Waals surface area contributed by atoms with Gasteiger partial charge in [-0.05, 0) is 27.7 Å². The van der Waals surface area contributed by atoms with Gasteiger partial charge in [-0.1, -0.05) is 12.2 Å². The third-order valence-corrected chi connectivity index (χ3v) is 2.62. The van der Waals surface area contributed by atoms with Crippen LogP contribution in [0.3, 0.4) is 0 Å². The average molecular weight is 200 g/mol. The smallest absolute Gasteiger partial charge is 0.165 e. The van der Waals surface area contributed by atoms with Crippen molar-refractivity contribution in [1.82, 2.24) is 0 Å². The molecule has 3 heteroatoms. The van der Waals surface area contributed by atoms with Crippen molar-refractivity contribution in [1.29, 1.82) is 0 Å². The van der Waals surface area contributed by atoms with E-state index in [0.717, 1.165) is 5.57 Å². The molecule has 3 unspecified atom stereocenters. The second-order valence-corrected chi connectivity index (χ2v) is 4.67. The summed E-state index contributed by atoms with van der Waals surface area (Å²) < 4.78 is 11.1. The van der Waals surface area contributed by atoms with Gasteiger partial charge in [0.25, 0.3) is 0 Å². The molecule has 3 atom stereocenters. The second kappa shape index (κ2) is 3.65. The molecule has 1 rings (SSSR count). The average Bonchev–Trinajstić information content (AvgIpc) is 2.18. The summed E-state index contributed by atoms with van der Waals surface area (Å²) in [5, 5.41) is 9.74. The van der Waals surface area contributed by atoms with E-state index < -0.39 is 11.4 Å². The first kappa shape index (κ1) is 11.7. The van der Waals surface area contributed by atoms with Crippen LogP contribution in [0, 0.1) is 0 Å².